The summed E-state index contributed by atoms with van der Waals surface area (Å²) >= 11 is 5.28. The largest absolute Gasteiger partial charge is 0.490 e. The average Bonchev–Trinajstić information content (AvgIpc) is 3.22. The van der Waals surface area contributed by atoms with Crippen molar-refractivity contribution >= 4 is 43.4 Å². The Bertz CT molecular complexity index is 1420. The fourth-order valence-electron chi connectivity index (χ4n) is 4.45. The van der Waals surface area contributed by atoms with E-state index in [2.05, 4.69) is 65.3 Å². The molecule has 0 unspecified atom stereocenters. The van der Waals surface area contributed by atoms with E-state index in [-0.39, 0.29) is 12.2 Å². The summed E-state index contributed by atoms with van der Waals surface area (Å²) in [4.78, 5) is 15.2. The number of carbonyl (C=O) groups is 1. The smallest absolute Gasteiger partial charge is 0.410 e. The van der Waals surface area contributed by atoms with Crippen LogP contribution in [-0.2, 0) is 4.74 Å². The Kier molecular flexibility index (Phi) is 7.68. The van der Waals surface area contributed by atoms with Gasteiger partial charge in [0.1, 0.15) is 23.2 Å². The predicted molar refractivity (Wildman–Crippen MR) is 158 cm³/mol. The van der Waals surface area contributed by atoms with Gasteiger partial charge in [0.2, 0.25) is 0 Å². The Morgan fingerprint density at radius 1 is 0.947 bits per heavy atom. The van der Waals surface area contributed by atoms with Crippen LogP contribution in [0.15, 0.2) is 71.2 Å². The number of hydrogen-bond acceptors (Lipinski definition) is 5. The van der Waals surface area contributed by atoms with Gasteiger partial charge < -0.3 is 19.1 Å². The third-order valence-corrected chi connectivity index (χ3v) is 8.06. The lowest BCUT2D eigenvalue weighted by atomic mass is 10.1. The standard InChI is InChI=1S/C31H32BrNO4S/c1-20-5-14-26-27(19-20)38-29(21-6-8-22(32)9-7-21)28(26)36-24-12-10-23(11-13-24)35-25-15-17-33(18-16-25)30(34)37-31(2,3)4/h5-14,19,25H,15-18H2,1-4H3. The minimum Gasteiger partial charge on any atom is -0.490 e. The van der Waals surface area contributed by atoms with Crippen LogP contribution in [0.5, 0.6) is 17.2 Å². The first kappa shape index (κ1) is 26.6. The van der Waals surface area contributed by atoms with Gasteiger partial charge in [0.25, 0.3) is 0 Å². The molecule has 0 spiro atoms. The first-order chi connectivity index (χ1) is 18.1. The maximum Gasteiger partial charge on any atom is 0.410 e. The summed E-state index contributed by atoms with van der Waals surface area (Å²) in [6.07, 6.45) is 1.35. The molecule has 1 amide bonds. The zero-order valence-electron chi connectivity index (χ0n) is 22.1. The van der Waals surface area contributed by atoms with Gasteiger partial charge >= 0.3 is 6.09 Å². The molecule has 5 nitrogen and oxygen atoms in total. The van der Waals surface area contributed by atoms with E-state index in [1.165, 1.54) is 10.3 Å². The summed E-state index contributed by atoms with van der Waals surface area (Å²) in [6, 6.07) is 22.6. The van der Waals surface area contributed by atoms with E-state index in [1.54, 1.807) is 16.2 Å². The number of piperidine rings is 1. The van der Waals surface area contributed by atoms with Crippen LogP contribution in [0.2, 0.25) is 0 Å². The SMILES string of the molecule is Cc1ccc2c(Oc3ccc(OC4CCN(C(=O)OC(C)(C)C)CC4)cc3)c(-c3ccc(Br)cc3)sc2c1. The normalized spacial score (nSPS) is 14.5. The molecule has 0 atom stereocenters. The zero-order valence-corrected chi connectivity index (χ0v) is 24.5. The van der Waals surface area contributed by atoms with E-state index in [0.29, 0.717) is 13.1 Å². The van der Waals surface area contributed by atoms with Gasteiger partial charge in [-0.3, -0.25) is 0 Å². The van der Waals surface area contributed by atoms with Crippen molar-refractivity contribution in [3.63, 3.8) is 0 Å². The molecule has 0 saturated carbocycles. The Morgan fingerprint density at radius 3 is 2.26 bits per heavy atom. The van der Waals surface area contributed by atoms with Gasteiger partial charge in [-0.2, -0.15) is 0 Å². The molecular formula is C31H32BrNO4S. The number of amides is 1. The highest BCUT2D eigenvalue weighted by Crippen LogP contribution is 2.46. The third kappa shape index (κ3) is 6.33. The summed E-state index contributed by atoms with van der Waals surface area (Å²) in [7, 11) is 0. The quantitative estimate of drug-likeness (QED) is 0.231. The number of aryl methyl sites for hydroxylation is 1. The number of carbonyl (C=O) groups excluding carboxylic acids is 1. The number of benzene rings is 3. The second-order valence-electron chi connectivity index (χ2n) is 10.6. The van der Waals surface area contributed by atoms with Crippen LogP contribution in [-0.4, -0.2) is 35.8 Å². The van der Waals surface area contributed by atoms with E-state index >= 15 is 0 Å². The molecule has 0 N–H and O–H groups in total. The van der Waals surface area contributed by atoms with Crippen LogP contribution in [0, 0.1) is 6.92 Å². The Morgan fingerprint density at radius 2 is 1.61 bits per heavy atom. The van der Waals surface area contributed by atoms with Crippen LogP contribution in [0.3, 0.4) is 0 Å². The molecule has 0 bridgehead atoms. The molecule has 1 fully saturated rings. The number of fused-ring (bicyclic) bond motifs is 1. The monoisotopic (exact) mass is 593 g/mol. The second-order valence-corrected chi connectivity index (χ2v) is 12.6. The lowest BCUT2D eigenvalue weighted by Gasteiger charge is -2.33. The maximum absolute atomic E-state index is 12.3. The van der Waals surface area contributed by atoms with Crippen LogP contribution in [0.1, 0.15) is 39.2 Å². The van der Waals surface area contributed by atoms with Gasteiger partial charge in [-0.05, 0) is 87.4 Å². The van der Waals surface area contributed by atoms with E-state index in [9.17, 15) is 4.79 Å². The number of likely N-dealkylation sites (tertiary alicyclic amines) is 1. The minimum absolute atomic E-state index is 0.0634. The van der Waals surface area contributed by atoms with Crippen molar-refractivity contribution in [2.45, 2.75) is 52.2 Å². The number of thiophene rings is 1. The highest BCUT2D eigenvalue weighted by Gasteiger charge is 2.27. The Hall–Kier alpha value is -3.03. The van der Waals surface area contributed by atoms with Crippen molar-refractivity contribution in [2.24, 2.45) is 0 Å². The molecular weight excluding hydrogens is 562 g/mol. The molecule has 4 aromatic rings. The van der Waals surface area contributed by atoms with Crippen molar-refractivity contribution in [2.75, 3.05) is 13.1 Å². The van der Waals surface area contributed by atoms with E-state index in [4.69, 9.17) is 14.2 Å². The molecule has 3 aromatic carbocycles. The van der Waals surface area contributed by atoms with Gasteiger partial charge in [0, 0.05) is 40.5 Å². The highest BCUT2D eigenvalue weighted by atomic mass is 79.9. The number of rotatable bonds is 5. The highest BCUT2D eigenvalue weighted by molar-refractivity contribution is 9.10. The first-order valence-electron chi connectivity index (χ1n) is 12.9. The van der Waals surface area contributed by atoms with E-state index in [0.717, 1.165) is 50.4 Å². The Balaban J connectivity index is 1.27. The molecule has 1 aliphatic rings. The van der Waals surface area contributed by atoms with Gasteiger partial charge in [0.15, 0.2) is 5.75 Å². The molecule has 1 aliphatic heterocycles. The summed E-state index contributed by atoms with van der Waals surface area (Å²) < 4.78 is 20.5. The molecule has 7 heteroatoms. The molecule has 198 valence electrons. The first-order valence-corrected chi connectivity index (χ1v) is 14.5. The van der Waals surface area contributed by atoms with Crippen LogP contribution in [0.25, 0.3) is 20.5 Å². The van der Waals surface area contributed by atoms with Crippen molar-refractivity contribution in [3.8, 4) is 27.7 Å². The van der Waals surface area contributed by atoms with Gasteiger partial charge in [-0.1, -0.05) is 34.1 Å². The van der Waals surface area contributed by atoms with Crippen LogP contribution < -0.4 is 9.47 Å². The Labute approximate surface area is 236 Å². The number of hydrogen-bond donors (Lipinski definition) is 0. The summed E-state index contributed by atoms with van der Waals surface area (Å²) in [5, 5.41) is 1.11. The maximum atomic E-state index is 12.3. The number of nitrogens with zero attached hydrogens (tertiary/aromatic N) is 1. The van der Waals surface area contributed by atoms with Crippen molar-refractivity contribution < 1.29 is 19.0 Å². The lowest BCUT2D eigenvalue weighted by Crippen LogP contribution is -2.44. The molecule has 2 heterocycles. The summed E-state index contributed by atoms with van der Waals surface area (Å²) in [5.41, 5.74) is 1.87. The minimum atomic E-state index is -0.485. The third-order valence-electron chi connectivity index (χ3n) is 6.35. The summed E-state index contributed by atoms with van der Waals surface area (Å²) in [5.74, 6) is 2.43. The molecule has 0 radical (unpaired) electrons. The van der Waals surface area contributed by atoms with Gasteiger partial charge in [0.05, 0.1) is 4.88 Å². The second kappa shape index (κ2) is 11.0. The van der Waals surface area contributed by atoms with Gasteiger partial charge in [-0.25, -0.2) is 4.79 Å². The predicted octanol–water partition coefficient (Wildman–Crippen LogP) is 9.21. The fourth-order valence-corrected chi connectivity index (χ4v) is 5.95. The van der Waals surface area contributed by atoms with Crippen LogP contribution >= 0.6 is 27.3 Å². The van der Waals surface area contributed by atoms with Crippen molar-refractivity contribution in [1.82, 2.24) is 4.90 Å². The summed E-state index contributed by atoms with van der Waals surface area (Å²) in [6.45, 7) is 9.03. The van der Waals surface area contributed by atoms with Crippen molar-refractivity contribution in [3.05, 3.63) is 76.8 Å². The topological polar surface area (TPSA) is 48.0 Å². The van der Waals surface area contributed by atoms with Gasteiger partial charge in [-0.15, -0.1) is 11.3 Å². The molecule has 1 saturated heterocycles. The fraction of sp³-hybridized carbons (Fsp3) is 0.323. The molecule has 5 rings (SSSR count). The van der Waals surface area contributed by atoms with E-state index in [1.807, 2.05) is 45.0 Å². The van der Waals surface area contributed by atoms with E-state index < -0.39 is 5.60 Å². The lowest BCUT2D eigenvalue weighted by molar-refractivity contribution is 0.0126. The average molecular weight is 595 g/mol. The zero-order chi connectivity index (χ0) is 26.9. The molecule has 0 aliphatic carbocycles. The van der Waals surface area contributed by atoms with Crippen molar-refractivity contribution in [1.29, 1.82) is 0 Å². The number of ether oxygens (including phenoxy) is 3. The number of halogens is 1. The van der Waals surface area contributed by atoms with Crippen LogP contribution in [0.4, 0.5) is 4.79 Å². The molecule has 38 heavy (non-hydrogen) atoms. The molecule has 1 aromatic heterocycles.